The molecule has 184 valence electrons. The van der Waals surface area contributed by atoms with Crippen molar-refractivity contribution in [2.45, 2.75) is 104 Å². The molecule has 0 amide bonds. The van der Waals surface area contributed by atoms with Gasteiger partial charge >= 0.3 is 0 Å². The molecule has 0 radical (unpaired) electrons. The van der Waals surface area contributed by atoms with Gasteiger partial charge in [-0.15, -0.1) is 0 Å². The van der Waals surface area contributed by atoms with Crippen LogP contribution in [0.4, 0.5) is 0 Å². The molecular formula is C26H40BrN3O3. The van der Waals surface area contributed by atoms with Gasteiger partial charge in [0.2, 0.25) is 5.62 Å². The molecule has 0 aliphatic rings. The Bertz CT molecular complexity index is 1010. The Morgan fingerprint density at radius 1 is 0.970 bits per heavy atom. The molecule has 0 saturated heterocycles. The molecule has 33 heavy (non-hydrogen) atoms. The predicted molar refractivity (Wildman–Crippen MR) is 137 cm³/mol. The average Bonchev–Trinajstić information content (AvgIpc) is 3.11. The lowest BCUT2D eigenvalue weighted by atomic mass is 9.78. The second-order valence-corrected chi connectivity index (χ2v) is 11.4. The van der Waals surface area contributed by atoms with Crippen LogP contribution in [0.15, 0.2) is 28.5 Å². The SMILES string of the molecule is CCC(O)(CC)CCn1ccn(CC(=O)c2cc(C(C)(C)C)c(O)c(C(C)(C)C)c2)c1=NBr. The van der Waals surface area contributed by atoms with Crippen molar-refractivity contribution in [2.24, 2.45) is 4.02 Å². The van der Waals surface area contributed by atoms with Gasteiger partial charge in [0.1, 0.15) is 5.75 Å². The van der Waals surface area contributed by atoms with Crippen LogP contribution in [0, 0.1) is 0 Å². The van der Waals surface area contributed by atoms with E-state index in [2.05, 4.69) is 20.2 Å². The van der Waals surface area contributed by atoms with Crippen LogP contribution in [-0.4, -0.2) is 30.7 Å². The van der Waals surface area contributed by atoms with Crippen molar-refractivity contribution in [1.82, 2.24) is 9.13 Å². The van der Waals surface area contributed by atoms with Gasteiger partial charge in [0.25, 0.3) is 0 Å². The minimum Gasteiger partial charge on any atom is -0.507 e. The Morgan fingerprint density at radius 3 is 1.88 bits per heavy atom. The molecule has 2 N–H and O–H groups in total. The highest BCUT2D eigenvalue weighted by atomic mass is 79.9. The first-order valence-corrected chi connectivity index (χ1v) is 12.4. The van der Waals surface area contributed by atoms with Crippen LogP contribution in [0.5, 0.6) is 5.75 Å². The number of nitrogens with zero attached hydrogens (tertiary/aromatic N) is 3. The van der Waals surface area contributed by atoms with Crippen LogP contribution in [0.3, 0.4) is 0 Å². The molecule has 0 saturated carbocycles. The number of aromatic hydroxyl groups is 1. The van der Waals surface area contributed by atoms with Crippen LogP contribution in [-0.2, 0) is 23.9 Å². The van der Waals surface area contributed by atoms with Crippen molar-refractivity contribution in [2.75, 3.05) is 0 Å². The highest BCUT2D eigenvalue weighted by molar-refractivity contribution is 9.08. The average molecular weight is 523 g/mol. The number of ketones is 1. The number of hydrogen-bond donors (Lipinski definition) is 2. The van der Waals surface area contributed by atoms with Crippen molar-refractivity contribution >= 4 is 21.9 Å². The van der Waals surface area contributed by atoms with Crippen molar-refractivity contribution in [3.63, 3.8) is 0 Å². The molecule has 7 heteroatoms. The van der Waals surface area contributed by atoms with Crippen molar-refractivity contribution in [3.05, 3.63) is 46.8 Å². The zero-order valence-electron chi connectivity index (χ0n) is 21.4. The number of aromatic nitrogens is 2. The Balaban J connectivity index is 2.40. The minimum atomic E-state index is -0.701. The van der Waals surface area contributed by atoms with Crippen LogP contribution >= 0.6 is 16.1 Å². The number of Topliss-reactive ketones (excluding diaryl/α,β-unsaturated/α-hetero) is 1. The standard InChI is InChI=1S/C26H40BrN3O3/c1-9-26(33,10-2)11-12-29-13-14-30(23(29)28-27)17-21(31)18-15-19(24(3,4)5)22(32)20(16-18)25(6,7)8/h13-16,32-33H,9-12,17H2,1-8H3. The number of phenols is 1. The second-order valence-electron chi connectivity index (χ2n) is 11.0. The molecule has 0 unspecified atom stereocenters. The number of benzene rings is 1. The summed E-state index contributed by atoms with van der Waals surface area (Å²) >= 11 is 3.20. The number of carbonyl (C=O) groups is 1. The number of phenolic OH excluding ortho intramolecular Hbond substituents is 1. The van der Waals surface area contributed by atoms with Gasteiger partial charge in [-0.25, -0.2) is 0 Å². The highest BCUT2D eigenvalue weighted by Gasteiger charge is 2.28. The summed E-state index contributed by atoms with van der Waals surface area (Å²) in [6.45, 7) is 16.9. The first-order valence-electron chi connectivity index (χ1n) is 11.7. The summed E-state index contributed by atoms with van der Waals surface area (Å²) in [5, 5.41) is 21.6. The number of aryl methyl sites for hydroxylation is 1. The largest absolute Gasteiger partial charge is 0.507 e. The Hall–Kier alpha value is -1.86. The lowest BCUT2D eigenvalue weighted by Gasteiger charge is -2.28. The van der Waals surface area contributed by atoms with E-state index >= 15 is 0 Å². The maximum absolute atomic E-state index is 13.4. The maximum atomic E-state index is 13.4. The summed E-state index contributed by atoms with van der Waals surface area (Å²) in [7, 11) is 0. The predicted octanol–water partition coefficient (Wildman–Crippen LogP) is 5.62. The topological polar surface area (TPSA) is 79.8 Å². The smallest absolute Gasteiger partial charge is 0.217 e. The third kappa shape index (κ3) is 6.38. The van der Waals surface area contributed by atoms with Crippen LogP contribution in [0.1, 0.15) is 96.1 Å². The molecule has 1 heterocycles. The monoisotopic (exact) mass is 521 g/mol. The Labute approximate surface area is 206 Å². The number of carbonyl (C=O) groups excluding carboxylic acids is 1. The van der Waals surface area contributed by atoms with Crippen molar-refractivity contribution in [3.8, 4) is 5.75 Å². The van der Waals surface area contributed by atoms with Gasteiger partial charge in [0, 0.05) is 35.6 Å². The van der Waals surface area contributed by atoms with E-state index in [0.29, 0.717) is 37.0 Å². The van der Waals surface area contributed by atoms with Gasteiger partial charge in [-0.2, -0.15) is 4.02 Å². The molecule has 2 aromatic rings. The number of rotatable bonds is 8. The summed E-state index contributed by atoms with van der Waals surface area (Å²) in [4.78, 5) is 13.4. The number of halogens is 1. The third-order valence-electron chi connectivity index (χ3n) is 6.51. The van der Waals surface area contributed by atoms with Crippen LogP contribution in [0.2, 0.25) is 0 Å². The summed E-state index contributed by atoms with van der Waals surface area (Å²) in [5.41, 5.74) is 1.42. The van der Waals surface area contributed by atoms with Crippen molar-refractivity contribution in [1.29, 1.82) is 0 Å². The molecule has 0 fully saturated rings. The first kappa shape index (κ1) is 27.4. The number of aliphatic hydroxyl groups is 1. The fraction of sp³-hybridized carbons (Fsp3) is 0.615. The van der Waals surface area contributed by atoms with Gasteiger partial charge in [0.05, 0.1) is 28.3 Å². The zero-order chi connectivity index (χ0) is 25.2. The van der Waals surface area contributed by atoms with Gasteiger partial charge in [-0.1, -0.05) is 55.4 Å². The van der Waals surface area contributed by atoms with E-state index in [1.54, 1.807) is 4.57 Å². The molecule has 0 bridgehead atoms. The van der Waals surface area contributed by atoms with E-state index in [1.807, 2.05) is 84.5 Å². The van der Waals surface area contributed by atoms with E-state index in [9.17, 15) is 15.0 Å². The van der Waals surface area contributed by atoms with Gasteiger partial charge < -0.3 is 19.3 Å². The van der Waals surface area contributed by atoms with Gasteiger partial charge in [0.15, 0.2) is 5.78 Å². The highest BCUT2D eigenvalue weighted by Crippen LogP contribution is 2.39. The molecule has 0 spiro atoms. The fourth-order valence-corrected chi connectivity index (χ4v) is 4.38. The Morgan fingerprint density at radius 2 is 1.45 bits per heavy atom. The van der Waals surface area contributed by atoms with E-state index in [-0.39, 0.29) is 28.9 Å². The quantitative estimate of drug-likeness (QED) is 0.442. The van der Waals surface area contributed by atoms with Gasteiger partial charge in [-0.3, -0.25) is 4.79 Å². The van der Waals surface area contributed by atoms with E-state index in [0.717, 1.165) is 11.1 Å². The zero-order valence-corrected chi connectivity index (χ0v) is 23.0. The van der Waals surface area contributed by atoms with E-state index in [4.69, 9.17) is 0 Å². The first-order chi connectivity index (χ1) is 15.2. The third-order valence-corrected chi connectivity index (χ3v) is 6.83. The summed E-state index contributed by atoms with van der Waals surface area (Å²) in [5.74, 6) is 0.214. The lowest BCUT2D eigenvalue weighted by Crippen LogP contribution is -2.32. The molecule has 0 aliphatic carbocycles. The van der Waals surface area contributed by atoms with Crippen molar-refractivity contribution < 1.29 is 15.0 Å². The number of imidazole rings is 1. The molecule has 2 rings (SSSR count). The second kappa shape index (κ2) is 10.2. The Kier molecular flexibility index (Phi) is 8.45. The van der Waals surface area contributed by atoms with Crippen LogP contribution in [0.25, 0.3) is 0 Å². The van der Waals surface area contributed by atoms with E-state index < -0.39 is 5.60 Å². The molecular weight excluding hydrogens is 482 g/mol. The molecule has 0 aliphatic heterocycles. The normalized spacial score (nSPS) is 13.6. The van der Waals surface area contributed by atoms with E-state index in [1.165, 1.54) is 0 Å². The fourth-order valence-electron chi connectivity index (χ4n) is 3.97. The molecule has 6 nitrogen and oxygen atoms in total. The maximum Gasteiger partial charge on any atom is 0.217 e. The van der Waals surface area contributed by atoms with Gasteiger partial charge in [-0.05, 0) is 42.2 Å². The summed E-state index contributed by atoms with van der Waals surface area (Å²) in [6, 6.07) is 3.63. The summed E-state index contributed by atoms with van der Waals surface area (Å²) < 4.78 is 7.96. The summed E-state index contributed by atoms with van der Waals surface area (Å²) in [6.07, 6.45) is 5.72. The lowest BCUT2D eigenvalue weighted by molar-refractivity contribution is 0.0192. The molecule has 1 aromatic heterocycles. The van der Waals surface area contributed by atoms with Crippen LogP contribution < -0.4 is 5.62 Å². The minimum absolute atomic E-state index is 0.0511. The molecule has 1 aromatic carbocycles. The molecule has 0 atom stereocenters. The number of hydrogen-bond acceptors (Lipinski definition) is 4.